The van der Waals surface area contributed by atoms with E-state index in [1.54, 1.807) is 0 Å². The molecule has 1 heterocycles. The first-order chi connectivity index (χ1) is 5.68. The SMILES string of the molecule is Cc1ncc(CNC2(C)CC2)[nH]1. The highest BCUT2D eigenvalue weighted by Crippen LogP contribution is 2.34. The van der Waals surface area contributed by atoms with Crippen LogP contribution in [-0.4, -0.2) is 15.5 Å². The van der Waals surface area contributed by atoms with Crippen LogP contribution in [0, 0.1) is 6.92 Å². The quantitative estimate of drug-likeness (QED) is 0.710. The van der Waals surface area contributed by atoms with Gasteiger partial charge >= 0.3 is 0 Å². The van der Waals surface area contributed by atoms with Crippen LogP contribution in [0.1, 0.15) is 31.3 Å². The first-order valence-electron chi connectivity index (χ1n) is 4.43. The predicted octanol–water partition coefficient (Wildman–Crippen LogP) is 1.36. The third kappa shape index (κ3) is 1.67. The van der Waals surface area contributed by atoms with Crippen molar-refractivity contribution in [1.82, 2.24) is 15.3 Å². The summed E-state index contributed by atoms with van der Waals surface area (Å²) < 4.78 is 0. The Labute approximate surface area is 72.6 Å². The fourth-order valence-electron chi connectivity index (χ4n) is 1.23. The Morgan fingerprint density at radius 2 is 2.42 bits per heavy atom. The van der Waals surface area contributed by atoms with Crippen LogP contribution in [0.5, 0.6) is 0 Å². The molecule has 0 saturated heterocycles. The second kappa shape index (κ2) is 2.59. The zero-order chi connectivity index (χ0) is 8.60. The van der Waals surface area contributed by atoms with Gasteiger partial charge in [0.05, 0.1) is 0 Å². The lowest BCUT2D eigenvalue weighted by Crippen LogP contribution is -2.27. The molecule has 1 aliphatic carbocycles. The molecule has 66 valence electrons. The van der Waals surface area contributed by atoms with E-state index >= 15 is 0 Å². The first-order valence-corrected chi connectivity index (χ1v) is 4.43. The Kier molecular flexibility index (Phi) is 1.68. The number of imidazole rings is 1. The molecule has 1 aromatic heterocycles. The molecule has 0 atom stereocenters. The van der Waals surface area contributed by atoms with Crippen LogP contribution in [0.2, 0.25) is 0 Å². The lowest BCUT2D eigenvalue weighted by Gasteiger charge is -2.08. The lowest BCUT2D eigenvalue weighted by atomic mass is 10.3. The molecule has 3 heteroatoms. The van der Waals surface area contributed by atoms with Gasteiger partial charge in [-0.15, -0.1) is 0 Å². The van der Waals surface area contributed by atoms with E-state index in [1.165, 1.54) is 18.5 Å². The van der Waals surface area contributed by atoms with Gasteiger partial charge in [-0.25, -0.2) is 4.98 Å². The summed E-state index contributed by atoms with van der Waals surface area (Å²) in [6.07, 6.45) is 4.51. The number of aryl methyl sites for hydroxylation is 1. The Morgan fingerprint density at radius 3 is 2.92 bits per heavy atom. The van der Waals surface area contributed by atoms with Crippen molar-refractivity contribution >= 4 is 0 Å². The topological polar surface area (TPSA) is 40.7 Å². The van der Waals surface area contributed by atoms with Crippen molar-refractivity contribution < 1.29 is 0 Å². The van der Waals surface area contributed by atoms with Crippen LogP contribution in [0.3, 0.4) is 0 Å². The van der Waals surface area contributed by atoms with Gasteiger partial charge < -0.3 is 10.3 Å². The highest BCUT2D eigenvalue weighted by atomic mass is 15.0. The van der Waals surface area contributed by atoms with Gasteiger partial charge in [-0.3, -0.25) is 0 Å². The van der Waals surface area contributed by atoms with Gasteiger partial charge in [0.2, 0.25) is 0 Å². The van der Waals surface area contributed by atoms with Crippen LogP contribution in [-0.2, 0) is 6.54 Å². The molecular weight excluding hydrogens is 150 g/mol. The fraction of sp³-hybridized carbons (Fsp3) is 0.667. The van der Waals surface area contributed by atoms with Gasteiger partial charge in [0.1, 0.15) is 5.82 Å². The minimum Gasteiger partial charge on any atom is -0.345 e. The molecule has 0 bridgehead atoms. The van der Waals surface area contributed by atoms with Gasteiger partial charge in [-0.05, 0) is 26.7 Å². The van der Waals surface area contributed by atoms with Crippen LogP contribution in [0.4, 0.5) is 0 Å². The summed E-state index contributed by atoms with van der Waals surface area (Å²) in [5.74, 6) is 0.993. The van der Waals surface area contributed by atoms with Gasteiger partial charge in [0.25, 0.3) is 0 Å². The smallest absolute Gasteiger partial charge is 0.103 e. The van der Waals surface area contributed by atoms with Crippen LogP contribution in [0.25, 0.3) is 0 Å². The summed E-state index contributed by atoms with van der Waals surface area (Å²) in [7, 11) is 0. The summed E-state index contributed by atoms with van der Waals surface area (Å²) in [4.78, 5) is 7.34. The minimum atomic E-state index is 0.416. The molecule has 0 aromatic carbocycles. The fourth-order valence-corrected chi connectivity index (χ4v) is 1.23. The van der Waals surface area contributed by atoms with E-state index in [-0.39, 0.29) is 0 Å². The Balaban J connectivity index is 1.87. The largest absolute Gasteiger partial charge is 0.345 e. The molecule has 0 unspecified atom stereocenters. The van der Waals surface area contributed by atoms with E-state index in [0.717, 1.165) is 12.4 Å². The van der Waals surface area contributed by atoms with Crippen LogP contribution >= 0.6 is 0 Å². The molecule has 0 aliphatic heterocycles. The molecule has 1 aliphatic rings. The highest BCUT2D eigenvalue weighted by Gasteiger charge is 2.36. The molecule has 0 radical (unpaired) electrons. The van der Waals surface area contributed by atoms with E-state index in [2.05, 4.69) is 22.2 Å². The van der Waals surface area contributed by atoms with Crippen molar-refractivity contribution in [2.24, 2.45) is 0 Å². The van der Waals surface area contributed by atoms with Crippen molar-refractivity contribution in [3.8, 4) is 0 Å². The number of hydrogen-bond donors (Lipinski definition) is 2. The van der Waals surface area contributed by atoms with Crippen molar-refractivity contribution in [2.75, 3.05) is 0 Å². The standard InChI is InChI=1S/C9H15N3/c1-7-10-5-8(12-7)6-11-9(2)3-4-9/h5,11H,3-4,6H2,1-2H3,(H,10,12). The van der Waals surface area contributed by atoms with E-state index in [4.69, 9.17) is 0 Å². The highest BCUT2D eigenvalue weighted by molar-refractivity contribution is 5.03. The monoisotopic (exact) mass is 165 g/mol. The Hall–Kier alpha value is -0.830. The van der Waals surface area contributed by atoms with E-state index in [9.17, 15) is 0 Å². The predicted molar refractivity (Wildman–Crippen MR) is 47.8 cm³/mol. The van der Waals surface area contributed by atoms with E-state index < -0.39 is 0 Å². The maximum Gasteiger partial charge on any atom is 0.103 e. The van der Waals surface area contributed by atoms with Crippen molar-refractivity contribution in [3.63, 3.8) is 0 Å². The van der Waals surface area contributed by atoms with Crippen molar-refractivity contribution in [3.05, 3.63) is 17.7 Å². The van der Waals surface area contributed by atoms with E-state index in [1.807, 2.05) is 13.1 Å². The molecule has 12 heavy (non-hydrogen) atoms. The number of nitrogens with zero attached hydrogens (tertiary/aromatic N) is 1. The number of H-pyrrole nitrogens is 1. The molecule has 0 spiro atoms. The molecule has 1 aromatic rings. The summed E-state index contributed by atoms with van der Waals surface area (Å²) >= 11 is 0. The first kappa shape index (κ1) is 7.80. The number of aromatic nitrogens is 2. The molecule has 1 fully saturated rings. The molecule has 1 saturated carbocycles. The van der Waals surface area contributed by atoms with Gasteiger partial charge in [0, 0.05) is 24.0 Å². The van der Waals surface area contributed by atoms with Crippen LogP contribution in [0.15, 0.2) is 6.20 Å². The molecule has 3 nitrogen and oxygen atoms in total. The second-order valence-electron chi connectivity index (χ2n) is 3.91. The number of rotatable bonds is 3. The maximum absolute atomic E-state index is 4.14. The summed E-state index contributed by atoms with van der Waals surface area (Å²) in [6, 6.07) is 0. The zero-order valence-electron chi connectivity index (χ0n) is 7.65. The molecule has 2 N–H and O–H groups in total. The molecule has 0 amide bonds. The average Bonchev–Trinajstić information content (AvgIpc) is 2.60. The van der Waals surface area contributed by atoms with Gasteiger partial charge in [-0.2, -0.15) is 0 Å². The lowest BCUT2D eigenvalue weighted by molar-refractivity contribution is 0.533. The second-order valence-corrected chi connectivity index (χ2v) is 3.91. The number of nitrogens with one attached hydrogen (secondary N) is 2. The third-order valence-electron chi connectivity index (χ3n) is 2.46. The van der Waals surface area contributed by atoms with E-state index in [0.29, 0.717) is 5.54 Å². The summed E-state index contributed by atoms with van der Waals surface area (Å²) in [6.45, 7) is 5.15. The Bertz CT molecular complexity index is 273. The number of aromatic amines is 1. The third-order valence-corrected chi connectivity index (χ3v) is 2.46. The van der Waals surface area contributed by atoms with Crippen LogP contribution < -0.4 is 5.32 Å². The normalized spacial score (nSPS) is 19.5. The molecular formula is C9H15N3. The van der Waals surface area contributed by atoms with Gasteiger partial charge in [0.15, 0.2) is 0 Å². The maximum atomic E-state index is 4.14. The van der Waals surface area contributed by atoms with Crippen molar-refractivity contribution in [1.29, 1.82) is 0 Å². The summed E-state index contributed by atoms with van der Waals surface area (Å²) in [5, 5.41) is 3.49. The molecule has 2 rings (SSSR count). The van der Waals surface area contributed by atoms with Gasteiger partial charge in [-0.1, -0.05) is 0 Å². The minimum absolute atomic E-state index is 0.416. The average molecular weight is 165 g/mol. The zero-order valence-corrected chi connectivity index (χ0v) is 7.65. The summed E-state index contributed by atoms with van der Waals surface area (Å²) in [5.41, 5.74) is 1.60. The number of hydrogen-bond acceptors (Lipinski definition) is 2. The van der Waals surface area contributed by atoms with Crippen molar-refractivity contribution in [2.45, 2.75) is 38.8 Å². The Morgan fingerprint density at radius 1 is 1.67 bits per heavy atom.